The molecule has 0 bridgehead atoms. The Morgan fingerprint density at radius 3 is 2.28 bits per heavy atom. The molecule has 1 heterocycles. The first kappa shape index (κ1) is 34.3. The third-order valence-corrected chi connectivity index (χ3v) is 10.5. The van der Waals surface area contributed by atoms with Gasteiger partial charge in [-0.05, 0) is 67.6 Å². The maximum Gasteiger partial charge on any atom is 0.145 e. The van der Waals surface area contributed by atoms with Gasteiger partial charge < -0.3 is 10.6 Å². The Hall–Kier alpha value is -6.78. The highest BCUT2D eigenvalue weighted by Gasteiger charge is 2.48. The zero-order valence-electron chi connectivity index (χ0n) is 30.3. The van der Waals surface area contributed by atoms with Gasteiger partial charge in [0.05, 0.1) is 12.0 Å². The number of aliphatic imine (C=N–C) groups is 2. The quantitative estimate of drug-likeness (QED) is 0.0804. The molecular formula is C50H42N4. The second-order valence-corrected chi connectivity index (χ2v) is 13.5. The number of dihydropyridines is 1. The molecule has 0 spiro atoms. The standard InChI is InChI=1S/C50H42N4/c1-4-16-36(5-2)48(53-33-35-28-30-38(31-29-35)42-24-13-18-37-17-9-10-22-41(37)42)54-49(51-3)44-25-14-27-46-47(44)43-23-11-12-26-45(43)50(46,39-19-7-6-8-20-39)40-21-15-32-52-34-40/h4-31,34,49,52H,1-3,32-33H2,(H,53,54)/b36-16+. The number of nitrogens with zero attached hydrogens (tertiary/aromatic N) is 2. The molecule has 6 aromatic rings. The molecule has 0 aromatic heterocycles. The van der Waals surface area contributed by atoms with Crippen molar-refractivity contribution in [2.75, 3.05) is 6.54 Å². The zero-order valence-corrected chi connectivity index (χ0v) is 30.3. The van der Waals surface area contributed by atoms with Crippen LogP contribution in [0.4, 0.5) is 0 Å². The van der Waals surface area contributed by atoms with Crippen LogP contribution in [-0.4, -0.2) is 19.1 Å². The van der Waals surface area contributed by atoms with Crippen LogP contribution in [-0.2, 0) is 12.0 Å². The van der Waals surface area contributed by atoms with Gasteiger partial charge in [-0.25, -0.2) is 0 Å². The molecule has 54 heavy (non-hydrogen) atoms. The minimum Gasteiger partial charge on any atom is -0.387 e. The van der Waals surface area contributed by atoms with Crippen molar-refractivity contribution in [2.45, 2.75) is 18.1 Å². The monoisotopic (exact) mass is 698 g/mol. The highest BCUT2D eigenvalue weighted by atomic mass is 15.1. The Morgan fingerprint density at radius 1 is 0.778 bits per heavy atom. The van der Waals surface area contributed by atoms with Crippen LogP contribution in [0.15, 0.2) is 210 Å². The molecule has 2 aliphatic rings. The van der Waals surface area contributed by atoms with E-state index < -0.39 is 11.6 Å². The average Bonchev–Trinajstić information content (AvgIpc) is 3.55. The second-order valence-electron chi connectivity index (χ2n) is 13.5. The number of allylic oxidation sites excluding steroid dienone is 4. The van der Waals surface area contributed by atoms with Gasteiger partial charge in [0.25, 0.3) is 0 Å². The fourth-order valence-electron chi connectivity index (χ4n) is 8.14. The summed E-state index contributed by atoms with van der Waals surface area (Å²) in [5, 5.41) is 9.64. The molecule has 2 unspecified atom stereocenters. The highest BCUT2D eigenvalue weighted by molar-refractivity contribution is 6.01. The molecule has 2 atom stereocenters. The Morgan fingerprint density at radius 2 is 1.50 bits per heavy atom. The maximum atomic E-state index is 5.14. The van der Waals surface area contributed by atoms with Crippen LogP contribution >= 0.6 is 0 Å². The molecule has 1 aliphatic carbocycles. The minimum absolute atomic E-state index is 0.463. The van der Waals surface area contributed by atoms with E-state index in [1.165, 1.54) is 49.7 Å². The van der Waals surface area contributed by atoms with Crippen LogP contribution in [0.2, 0.25) is 0 Å². The van der Waals surface area contributed by atoms with Crippen molar-refractivity contribution in [3.05, 3.63) is 228 Å². The van der Waals surface area contributed by atoms with Crippen LogP contribution in [0.5, 0.6) is 0 Å². The summed E-state index contributed by atoms with van der Waals surface area (Å²) in [5.74, 6) is 0.667. The third-order valence-electron chi connectivity index (χ3n) is 10.5. The zero-order chi connectivity index (χ0) is 36.9. The van der Waals surface area contributed by atoms with Crippen molar-refractivity contribution in [1.29, 1.82) is 0 Å². The summed E-state index contributed by atoms with van der Waals surface area (Å²) in [5.41, 5.74) is 12.0. The lowest BCUT2D eigenvalue weighted by Crippen LogP contribution is -2.32. The van der Waals surface area contributed by atoms with Crippen molar-refractivity contribution >= 4 is 23.3 Å². The molecule has 8 rings (SSSR count). The van der Waals surface area contributed by atoms with E-state index >= 15 is 0 Å². The van der Waals surface area contributed by atoms with E-state index in [2.05, 4.69) is 188 Å². The van der Waals surface area contributed by atoms with Crippen molar-refractivity contribution in [3.63, 3.8) is 0 Å². The van der Waals surface area contributed by atoms with E-state index in [0.717, 1.165) is 28.8 Å². The molecule has 4 heteroatoms. The number of rotatable bonds is 11. The molecule has 0 amide bonds. The average molecular weight is 699 g/mol. The Bertz CT molecular complexity index is 2500. The van der Waals surface area contributed by atoms with E-state index in [1.807, 2.05) is 6.08 Å². The molecule has 0 radical (unpaired) electrons. The van der Waals surface area contributed by atoms with Crippen molar-refractivity contribution in [3.8, 4) is 22.3 Å². The van der Waals surface area contributed by atoms with E-state index in [9.17, 15) is 0 Å². The van der Waals surface area contributed by atoms with Crippen LogP contribution < -0.4 is 10.6 Å². The van der Waals surface area contributed by atoms with Gasteiger partial charge in [0, 0.05) is 23.9 Å². The van der Waals surface area contributed by atoms with Gasteiger partial charge in [0.15, 0.2) is 0 Å². The molecular weight excluding hydrogens is 657 g/mol. The highest BCUT2D eigenvalue weighted by Crippen LogP contribution is 2.58. The van der Waals surface area contributed by atoms with Crippen molar-refractivity contribution in [1.82, 2.24) is 10.6 Å². The smallest absolute Gasteiger partial charge is 0.145 e. The molecule has 262 valence electrons. The molecule has 0 fully saturated rings. The normalized spacial score (nSPS) is 16.8. The fraction of sp³-hybridized carbons (Fsp3) is 0.0800. The van der Waals surface area contributed by atoms with E-state index in [4.69, 9.17) is 9.98 Å². The Balaban J connectivity index is 1.19. The third kappa shape index (κ3) is 6.02. The lowest BCUT2D eigenvalue weighted by molar-refractivity contribution is 0.685. The van der Waals surface area contributed by atoms with Gasteiger partial charge in [-0.1, -0.05) is 183 Å². The van der Waals surface area contributed by atoms with E-state index in [0.29, 0.717) is 12.4 Å². The number of hydrogen-bond acceptors (Lipinski definition) is 3. The van der Waals surface area contributed by atoms with E-state index in [-0.39, 0.29) is 0 Å². The number of hydrogen-bond donors (Lipinski definition) is 2. The first-order chi connectivity index (χ1) is 26.7. The summed E-state index contributed by atoms with van der Waals surface area (Å²) in [4.78, 5) is 9.85. The summed E-state index contributed by atoms with van der Waals surface area (Å²) in [7, 11) is 0. The molecule has 1 aliphatic heterocycles. The number of amidine groups is 1. The van der Waals surface area contributed by atoms with Gasteiger partial charge >= 0.3 is 0 Å². The summed E-state index contributed by atoms with van der Waals surface area (Å²) in [6.07, 6.45) is 11.6. The van der Waals surface area contributed by atoms with E-state index in [1.54, 1.807) is 12.2 Å². The van der Waals surface area contributed by atoms with Gasteiger partial charge in [-0.3, -0.25) is 9.98 Å². The van der Waals surface area contributed by atoms with Gasteiger partial charge in [0.2, 0.25) is 0 Å². The summed E-state index contributed by atoms with van der Waals surface area (Å²) in [6.45, 7) is 13.5. The fourth-order valence-corrected chi connectivity index (χ4v) is 8.14. The molecule has 2 N–H and O–H groups in total. The van der Waals surface area contributed by atoms with Crippen LogP contribution in [0.1, 0.15) is 34.0 Å². The first-order valence-electron chi connectivity index (χ1n) is 18.4. The molecule has 0 saturated carbocycles. The van der Waals surface area contributed by atoms with Gasteiger partial charge in [0.1, 0.15) is 12.0 Å². The molecule has 0 saturated heterocycles. The largest absolute Gasteiger partial charge is 0.387 e. The lowest BCUT2D eigenvalue weighted by atomic mass is 9.67. The van der Waals surface area contributed by atoms with Gasteiger partial charge in [-0.2, -0.15) is 0 Å². The Kier molecular flexibility index (Phi) is 9.57. The van der Waals surface area contributed by atoms with Gasteiger partial charge in [-0.15, -0.1) is 0 Å². The predicted octanol–water partition coefficient (Wildman–Crippen LogP) is 11.1. The van der Waals surface area contributed by atoms with Crippen molar-refractivity contribution in [2.24, 2.45) is 9.98 Å². The minimum atomic E-state index is -0.525. The summed E-state index contributed by atoms with van der Waals surface area (Å²) < 4.78 is 0. The van der Waals surface area contributed by atoms with Crippen LogP contribution in [0.3, 0.4) is 0 Å². The summed E-state index contributed by atoms with van der Waals surface area (Å²) in [6, 6.07) is 49.7. The number of benzene rings is 6. The maximum absolute atomic E-state index is 5.14. The lowest BCUT2D eigenvalue weighted by Gasteiger charge is -2.35. The Labute approximate surface area is 318 Å². The molecule has 6 aromatic carbocycles. The summed E-state index contributed by atoms with van der Waals surface area (Å²) >= 11 is 0. The topological polar surface area (TPSA) is 48.8 Å². The molecule has 4 nitrogen and oxygen atoms in total. The van der Waals surface area contributed by atoms with Crippen LogP contribution in [0.25, 0.3) is 33.0 Å². The van der Waals surface area contributed by atoms with Crippen molar-refractivity contribution < 1.29 is 0 Å². The predicted molar refractivity (Wildman–Crippen MR) is 228 cm³/mol. The van der Waals surface area contributed by atoms with Crippen LogP contribution in [0, 0.1) is 0 Å². The SMILES string of the molecule is C=C/C=C(\C=C)C(=NCc1ccc(-c2cccc3ccccc23)cc1)NC(N=C)c1cccc2c1-c1ccccc1C2(C1=CNCC=C1)c1ccccc1. The number of fused-ring (bicyclic) bond motifs is 4. The second kappa shape index (κ2) is 15.1. The first-order valence-corrected chi connectivity index (χ1v) is 18.4. The number of nitrogens with one attached hydrogen (secondary N) is 2.